The Morgan fingerprint density at radius 2 is 2.33 bits per heavy atom. The van der Waals surface area contributed by atoms with Gasteiger partial charge in [0.1, 0.15) is 0 Å². The molecule has 0 spiro atoms. The van der Waals surface area contributed by atoms with Gasteiger partial charge in [-0.25, -0.2) is 0 Å². The van der Waals surface area contributed by atoms with E-state index in [-0.39, 0.29) is 0 Å². The lowest BCUT2D eigenvalue weighted by Crippen LogP contribution is -2.28. The van der Waals surface area contributed by atoms with E-state index in [0.717, 1.165) is 19.5 Å². The van der Waals surface area contributed by atoms with Gasteiger partial charge in [-0.15, -0.1) is 0 Å². The van der Waals surface area contributed by atoms with Crippen LogP contribution in [-0.4, -0.2) is 24.9 Å². The second kappa shape index (κ2) is 6.39. The molecule has 0 aliphatic rings. The third-order valence-electron chi connectivity index (χ3n) is 1.17. The van der Waals surface area contributed by atoms with Crippen molar-refractivity contribution in [3.8, 4) is 0 Å². The molecule has 0 fully saturated rings. The highest BCUT2D eigenvalue weighted by molar-refractivity contribution is 7.81. The topological polar surface area (TPSA) is 38.0 Å². The maximum atomic E-state index is 5.27. The molecule has 0 rings (SSSR count). The minimum atomic E-state index is 0.483. The SMILES string of the molecule is CCC(S)CNCCN. The summed E-state index contributed by atoms with van der Waals surface area (Å²) in [4.78, 5) is 0. The Bertz CT molecular complexity index is 59.0. The van der Waals surface area contributed by atoms with Crippen molar-refractivity contribution in [3.63, 3.8) is 0 Å². The first-order valence-corrected chi connectivity index (χ1v) is 3.91. The van der Waals surface area contributed by atoms with Crippen molar-refractivity contribution in [2.75, 3.05) is 19.6 Å². The molecule has 0 aliphatic carbocycles. The number of hydrogen-bond acceptors (Lipinski definition) is 3. The van der Waals surface area contributed by atoms with Gasteiger partial charge in [0, 0.05) is 24.9 Å². The van der Waals surface area contributed by atoms with E-state index in [1.165, 1.54) is 0 Å². The lowest BCUT2D eigenvalue weighted by atomic mass is 10.3. The van der Waals surface area contributed by atoms with Crippen molar-refractivity contribution in [2.24, 2.45) is 5.73 Å². The van der Waals surface area contributed by atoms with Crippen LogP contribution in [0.4, 0.5) is 0 Å². The summed E-state index contributed by atoms with van der Waals surface area (Å²) in [5, 5.41) is 3.67. The molecule has 0 radical (unpaired) electrons. The summed E-state index contributed by atoms with van der Waals surface area (Å²) >= 11 is 4.30. The van der Waals surface area contributed by atoms with Crippen LogP contribution in [0.2, 0.25) is 0 Å². The second-order valence-electron chi connectivity index (χ2n) is 2.05. The Kier molecular flexibility index (Phi) is 6.58. The van der Waals surface area contributed by atoms with Gasteiger partial charge in [0.15, 0.2) is 0 Å². The monoisotopic (exact) mass is 148 g/mol. The molecular weight excluding hydrogens is 132 g/mol. The molecule has 0 amide bonds. The minimum Gasteiger partial charge on any atom is -0.329 e. The van der Waals surface area contributed by atoms with E-state index in [1.807, 2.05) is 0 Å². The second-order valence-corrected chi connectivity index (χ2v) is 2.79. The Morgan fingerprint density at radius 1 is 1.67 bits per heavy atom. The van der Waals surface area contributed by atoms with Gasteiger partial charge >= 0.3 is 0 Å². The van der Waals surface area contributed by atoms with Gasteiger partial charge in [0.2, 0.25) is 0 Å². The molecule has 0 saturated carbocycles. The predicted octanol–water partition coefficient (Wildman–Crippen LogP) is 0.243. The van der Waals surface area contributed by atoms with Gasteiger partial charge < -0.3 is 11.1 Å². The molecule has 0 aromatic heterocycles. The van der Waals surface area contributed by atoms with E-state index in [4.69, 9.17) is 5.73 Å². The van der Waals surface area contributed by atoms with Crippen LogP contribution in [0.15, 0.2) is 0 Å². The summed E-state index contributed by atoms with van der Waals surface area (Å²) in [5.41, 5.74) is 5.27. The Morgan fingerprint density at radius 3 is 2.78 bits per heavy atom. The molecule has 0 bridgehead atoms. The molecule has 1 atom stereocenters. The van der Waals surface area contributed by atoms with Gasteiger partial charge in [-0.1, -0.05) is 6.92 Å². The lowest BCUT2D eigenvalue weighted by Gasteiger charge is -2.07. The molecule has 0 heterocycles. The van der Waals surface area contributed by atoms with Gasteiger partial charge in [0.05, 0.1) is 0 Å². The largest absolute Gasteiger partial charge is 0.329 e. The van der Waals surface area contributed by atoms with Crippen LogP contribution >= 0.6 is 12.6 Å². The molecule has 3 N–H and O–H groups in total. The third-order valence-corrected chi connectivity index (χ3v) is 1.72. The number of nitrogens with one attached hydrogen (secondary N) is 1. The fraction of sp³-hybridized carbons (Fsp3) is 1.00. The molecule has 3 heteroatoms. The van der Waals surface area contributed by atoms with E-state index in [9.17, 15) is 0 Å². The molecule has 0 aliphatic heterocycles. The van der Waals surface area contributed by atoms with Crippen LogP contribution in [0.3, 0.4) is 0 Å². The normalized spacial score (nSPS) is 13.7. The predicted molar refractivity (Wildman–Crippen MR) is 45.0 cm³/mol. The summed E-state index contributed by atoms with van der Waals surface area (Å²) in [5.74, 6) is 0. The summed E-state index contributed by atoms with van der Waals surface area (Å²) in [6.45, 7) is 4.71. The van der Waals surface area contributed by atoms with Crippen LogP contribution in [-0.2, 0) is 0 Å². The van der Waals surface area contributed by atoms with E-state index in [2.05, 4.69) is 24.9 Å². The molecule has 0 aromatic carbocycles. The first-order chi connectivity index (χ1) is 4.31. The maximum Gasteiger partial charge on any atom is 0.0139 e. The first kappa shape index (κ1) is 9.27. The highest BCUT2D eigenvalue weighted by Gasteiger charge is 1.95. The lowest BCUT2D eigenvalue weighted by molar-refractivity contribution is 0.658. The van der Waals surface area contributed by atoms with Crippen LogP contribution in [0.1, 0.15) is 13.3 Å². The molecule has 56 valence electrons. The zero-order chi connectivity index (χ0) is 7.11. The molecule has 0 saturated heterocycles. The third kappa shape index (κ3) is 6.15. The summed E-state index contributed by atoms with van der Waals surface area (Å²) in [6, 6.07) is 0. The molecule has 9 heavy (non-hydrogen) atoms. The standard InChI is InChI=1S/C6H16N2S/c1-2-6(9)5-8-4-3-7/h6,8-9H,2-5,7H2,1H3. The number of nitrogens with two attached hydrogens (primary N) is 1. The zero-order valence-corrected chi connectivity index (χ0v) is 6.82. The van der Waals surface area contributed by atoms with E-state index < -0.39 is 0 Å². The zero-order valence-electron chi connectivity index (χ0n) is 5.93. The minimum absolute atomic E-state index is 0.483. The van der Waals surface area contributed by atoms with Crippen molar-refractivity contribution < 1.29 is 0 Å². The van der Waals surface area contributed by atoms with Gasteiger partial charge in [-0.3, -0.25) is 0 Å². The van der Waals surface area contributed by atoms with Gasteiger partial charge in [0.25, 0.3) is 0 Å². The molecule has 0 aromatic rings. The van der Waals surface area contributed by atoms with E-state index in [1.54, 1.807) is 0 Å². The number of thiol groups is 1. The fourth-order valence-corrected chi connectivity index (χ4v) is 0.644. The number of rotatable bonds is 5. The average molecular weight is 148 g/mol. The van der Waals surface area contributed by atoms with E-state index >= 15 is 0 Å². The van der Waals surface area contributed by atoms with Crippen molar-refractivity contribution in [1.82, 2.24) is 5.32 Å². The van der Waals surface area contributed by atoms with Crippen molar-refractivity contribution in [3.05, 3.63) is 0 Å². The van der Waals surface area contributed by atoms with Crippen LogP contribution < -0.4 is 11.1 Å². The summed E-state index contributed by atoms with van der Waals surface area (Å²) in [6.07, 6.45) is 1.11. The molecule has 2 nitrogen and oxygen atoms in total. The van der Waals surface area contributed by atoms with Crippen molar-refractivity contribution >= 4 is 12.6 Å². The van der Waals surface area contributed by atoms with Crippen molar-refractivity contribution in [2.45, 2.75) is 18.6 Å². The van der Waals surface area contributed by atoms with Crippen LogP contribution in [0.25, 0.3) is 0 Å². The van der Waals surface area contributed by atoms with Crippen molar-refractivity contribution in [1.29, 1.82) is 0 Å². The Hall–Kier alpha value is 0.270. The fourth-order valence-electron chi connectivity index (χ4n) is 0.515. The smallest absolute Gasteiger partial charge is 0.0139 e. The Labute approximate surface area is 62.6 Å². The average Bonchev–Trinajstić information content (AvgIpc) is 1.89. The Balaban J connectivity index is 2.88. The number of hydrogen-bond donors (Lipinski definition) is 3. The van der Waals surface area contributed by atoms with Crippen LogP contribution in [0, 0.1) is 0 Å². The summed E-state index contributed by atoms with van der Waals surface area (Å²) < 4.78 is 0. The van der Waals surface area contributed by atoms with Gasteiger partial charge in [-0.05, 0) is 6.42 Å². The highest BCUT2D eigenvalue weighted by Crippen LogP contribution is 1.96. The van der Waals surface area contributed by atoms with Crippen LogP contribution in [0.5, 0.6) is 0 Å². The molecule has 1 unspecified atom stereocenters. The quantitative estimate of drug-likeness (QED) is 0.386. The van der Waals surface area contributed by atoms with Gasteiger partial charge in [-0.2, -0.15) is 12.6 Å². The highest BCUT2D eigenvalue weighted by atomic mass is 32.1. The summed E-state index contributed by atoms with van der Waals surface area (Å²) in [7, 11) is 0. The molecular formula is C6H16N2S. The van der Waals surface area contributed by atoms with E-state index in [0.29, 0.717) is 11.8 Å². The maximum absolute atomic E-state index is 5.27. The first-order valence-electron chi connectivity index (χ1n) is 3.40.